The molecule has 1 saturated heterocycles. The monoisotopic (exact) mass is 476 g/mol. The summed E-state index contributed by atoms with van der Waals surface area (Å²) in [6.07, 6.45) is 10.1. The molecule has 2 saturated carbocycles. The minimum Gasteiger partial charge on any atom is -0.462 e. The molecule has 3 aliphatic rings. The third-order valence-corrected chi connectivity index (χ3v) is 8.33. The topological polar surface area (TPSA) is 68.3 Å². The molecule has 35 heavy (non-hydrogen) atoms. The van der Waals surface area contributed by atoms with Crippen molar-refractivity contribution in [3.8, 4) is 11.1 Å². The van der Waals surface area contributed by atoms with E-state index in [4.69, 9.17) is 4.74 Å². The van der Waals surface area contributed by atoms with Gasteiger partial charge in [0.25, 0.3) is 0 Å². The van der Waals surface area contributed by atoms with E-state index in [1.165, 1.54) is 12.1 Å². The first kappa shape index (κ1) is 23.7. The zero-order valence-corrected chi connectivity index (χ0v) is 20.3. The molecule has 0 radical (unpaired) electrons. The van der Waals surface area contributed by atoms with Crippen LogP contribution in [-0.4, -0.2) is 29.5 Å². The lowest BCUT2D eigenvalue weighted by Gasteiger charge is -2.47. The second-order valence-electron chi connectivity index (χ2n) is 10.5. The molecule has 1 aliphatic heterocycles. The maximum atomic E-state index is 13.6. The smallest absolute Gasteiger partial charge is 0.309 e. The van der Waals surface area contributed by atoms with Crippen LogP contribution in [-0.2, 0) is 14.3 Å². The third-order valence-electron chi connectivity index (χ3n) is 8.33. The molecule has 6 heteroatoms. The van der Waals surface area contributed by atoms with Crippen LogP contribution in [0.4, 0.5) is 4.39 Å². The number of carbonyl (C=O) groups is 2. The molecule has 2 aliphatic carbocycles. The van der Waals surface area contributed by atoms with Gasteiger partial charge in [-0.1, -0.05) is 24.3 Å². The van der Waals surface area contributed by atoms with Crippen molar-refractivity contribution in [1.82, 2.24) is 10.3 Å². The van der Waals surface area contributed by atoms with Gasteiger partial charge in [0.2, 0.25) is 5.91 Å². The number of hydrogen-bond donors (Lipinski definition) is 1. The number of rotatable bonds is 5. The Hall–Kier alpha value is -3.02. The lowest BCUT2D eigenvalue weighted by atomic mass is 9.56. The Labute approximate surface area is 206 Å². The molecule has 1 aromatic heterocycles. The third kappa shape index (κ3) is 5.02. The van der Waals surface area contributed by atoms with Gasteiger partial charge in [-0.2, -0.15) is 0 Å². The summed E-state index contributed by atoms with van der Waals surface area (Å²) < 4.78 is 19.3. The summed E-state index contributed by atoms with van der Waals surface area (Å²) in [6.45, 7) is 4.31. The number of allylic oxidation sites excluding steroid dienone is 1. The van der Waals surface area contributed by atoms with E-state index < -0.39 is 0 Å². The van der Waals surface area contributed by atoms with Gasteiger partial charge in [-0.05, 0) is 86.1 Å². The number of esters is 1. The largest absolute Gasteiger partial charge is 0.462 e. The number of aromatic nitrogens is 1. The van der Waals surface area contributed by atoms with Gasteiger partial charge >= 0.3 is 5.97 Å². The fourth-order valence-corrected chi connectivity index (χ4v) is 6.74. The van der Waals surface area contributed by atoms with Gasteiger partial charge in [0.05, 0.1) is 11.6 Å². The van der Waals surface area contributed by atoms with Crippen LogP contribution in [0.1, 0.15) is 45.2 Å². The first-order valence-corrected chi connectivity index (χ1v) is 12.7. The van der Waals surface area contributed by atoms with Gasteiger partial charge in [0.15, 0.2) is 0 Å². The van der Waals surface area contributed by atoms with E-state index in [1.807, 2.05) is 25.1 Å². The number of nitrogens with one attached hydrogen (secondary N) is 1. The first-order valence-electron chi connectivity index (χ1n) is 12.7. The maximum Gasteiger partial charge on any atom is 0.309 e. The molecule has 1 aromatic carbocycles. The predicted molar refractivity (Wildman–Crippen MR) is 132 cm³/mol. The van der Waals surface area contributed by atoms with E-state index >= 15 is 0 Å². The minimum absolute atomic E-state index is 0.0146. The summed E-state index contributed by atoms with van der Waals surface area (Å²) in [5, 5.41) is 2.98. The van der Waals surface area contributed by atoms with Crippen molar-refractivity contribution in [3.63, 3.8) is 0 Å². The van der Waals surface area contributed by atoms with Crippen LogP contribution < -0.4 is 5.32 Å². The quantitative estimate of drug-likeness (QED) is 0.597. The van der Waals surface area contributed by atoms with E-state index in [1.54, 1.807) is 19.2 Å². The van der Waals surface area contributed by atoms with Crippen molar-refractivity contribution >= 4 is 18.0 Å². The molecule has 1 N–H and O–H groups in total. The van der Waals surface area contributed by atoms with Crippen LogP contribution in [0.25, 0.3) is 17.2 Å². The summed E-state index contributed by atoms with van der Waals surface area (Å²) in [6, 6.07) is 10.4. The van der Waals surface area contributed by atoms with E-state index in [2.05, 4.69) is 22.5 Å². The number of pyridine rings is 1. The minimum atomic E-state index is -0.262. The Morgan fingerprint density at radius 3 is 2.80 bits per heavy atom. The highest BCUT2D eigenvalue weighted by atomic mass is 19.1. The normalized spacial score (nSPS) is 32.1. The number of nitrogens with zero attached hydrogens (tertiary/aromatic N) is 1. The SMILES string of the molecule is CC(=O)NC[C@@H]1CC[C@@H]2[C@@H](C1)C[C@H]1C(=O)O[C@H](C)[C@H]1[C@H]2/C=C/c1ccc(-c2cccc(F)c2)cn1. The summed E-state index contributed by atoms with van der Waals surface area (Å²) >= 11 is 0. The van der Waals surface area contributed by atoms with Crippen LogP contribution >= 0.6 is 0 Å². The summed E-state index contributed by atoms with van der Waals surface area (Å²) in [7, 11) is 0. The highest BCUT2D eigenvalue weighted by molar-refractivity contribution is 5.76. The number of carbonyl (C=O) groups excluding carboxylic acids is 2. The van der Waals surface area contributed by atoms with Crippen molar-refractivity contribution < 1.29 is 18.7 Å². The second kappa shape index (κ2) is 9.92. The average molecular weight is 477 g/mol. The standard InChI is InChI=1S/C29H33FN2O3/c1-17-28-26(11-9-24-8-7-21(16-32-24)20-4-3-5-23(30)13-20)25-10-6-19(15-31-18(2)33)12-22(25)14-27(28)29(34)35-17/h3-5,7-9,11,13,16-17,19,22,25-28H,6,10,12,14-15H2,1-2H3,(H,31,33)/b11-9+/t17-,19-,22+,25-,26+,27-,28+/m1/s1. The molecule has 5 rings (SSSR count). The Bertz CT molecular complexity index is 1120. The molecule has 0 bridgehead atoms. The lowest BCUT2D eigenvalue weighted by molar-refractivity contribution is -0.144. The molecule has 5 nitrogen and oxygen atoms in total. The molecule has 184 valence electrons. The molecule has 2 heterocycles. The number of amides is 1. The summed E-state index contributed by atoms with van der Waals surface area (Å²) in [4.78, 5) is 28.6. The average Bonchev–Trinajstić information content (AvgIpc) is 3.13. The first-order chi connectivity index (χ1) is 16.9. The Morgan fingerprint density at radius 1 is 1.20 bits per heavy atom. The van der Waals surface area contributed by atoms with Crippen molar-refractivity contribution in [2.45, 2.75) is 45.6 Å². The van der Waals surface area contributed by atoms with E-state index in [0.29, 0.717) is 17.8 Å². The summed E-state index contributed by atoms with van der Waals surface area (Å²) in [5.74, 6) is 1.52. The highest BCUT2D eigenvalue weighted by Gasteiger charge is 2.54. The Morgan fingerprint density at radius 2 is 2.06 bits per heavy atom. The van der Waals surface area contributed by atoms with Crippen molar-refractivity contribution in [2.24, 2.45) is 35.5 Å². The molecular formula is C29H33FN2O3. The fraction of sp³-hybridized carbons (Fsp3) is 0.483. The number of benzene rings is 1. The number of halogens is 1. The van der Waals surface area contributed by atoms with Crippen molar-refractivity contribution in [1.29, 1.82) is 0 Å². The van der Waals surface area contributed by atoms with Crippen LogP contribution in [0.3, 0.4) is 0 Å². The van der Waals surface area contributed by atoms with Crippen LogP contribution in [0.15, 0.2) is 48.7 Å². The summed E-state index contributed by atoms with van der Waals surface area (Å²) in [5.41, 5.74) is 2.53. The Balaban J connectivity index is 1.35. The second-order valence-corrected chi connectivity index (χ2v) is 10.5. The zero-order valence-electron chi connectivity index (χ0n) is 20.3. The zero-order chi connectivity index (χ0) is 24.5. The van der Waals surface area contributed by atoms with E-state index in [9.17, 15) is 14.0 Å². The van der Waals surface area contributed by atoms with Gasteiger partial charge in [0.1, 0.15) is 11.9 Å². The number of fused-ring (bicyclic) bond motifs is 2. The van der Waals surface area contributed by atoms with Crippen LogP contribution in [0, 0.1) is 41.3 Å². The molecule has 0 unspecified atom stereocenters. The van der Waals surface area contributed by atoms with Crippen LogP contribution in [0.5, 0.6) is 0 Å². The number of hydrogen-bond acceptors (Lipinski definition) is 4. The van der Waals surface area contributed by atoms with Gasteiger partial charge in [0, 0.05) is 31.1 Å². The van der Waals surface area contributed by atoms with Gasteiger partial charge in [-0.15, -0.1) is 0 Å². The molecule has 1 amide bonds. The molecule has 0 spiro atoms. The van der Waals surface area contributed by atoms with E-state index in [0.717, 1.165) is 49.0 Å². The number of ether oxygens (including phenoxy) is 1. The molecule has 3 fully saturated rings. The predicted octanol–water partition coefficient (Wildman–Crippen LogP) is 5.27. The van der Waals surface area contributed by atoms with Crippen molar-refractivity contribution in [3.05, 3.63) is 60.2 Å². The highest BCUT2D eigenvalue weighted by Crippen LogP contribution is 2.54. The molecular weight excluding hydrogens is 443 g/mol. The number of cyclic esters (lactones) is 1. The van der Waals surface area contributed by atoms with Crippen molar-refractivity contribution in [2.75, 3.05) is 6.54 Å². The van der Waals surface area contributed by atoms with Gasteiger partial charge in [-0.25, -0.2) is 4.39 Å². The van der Waals surface area contributed by atoms with Gasteiger partial charge in [-0.3, -0.25) is 14.6 Å². The lowest BCUT2D eigenvalue weighted by Crippen LogP contribution is -2.45. The van der Waals surface area contributed by atoms with Gasteiger partial charge < -0.3 is 10.1 Å². The fourth-order valence-electron chi connectivity index (χ4n) is 6.74. The van der Waals surface area contributed by atoms with E-state index in [-0.39, 0.29) is 41.6 Å². The van der Waals surface area contributed by atoms with Crippen LogP contribution in [0.2, 0.25) is 0 Å². The molecule has 2 aromatic rings. The Kier molecular flexibility index (Phi) is 6.72. The maximum absolute atomic E-state index is 13.6. The molecule has 7 atom stereocenters.